The summed E-state index contributed by atoms with van der Waals surface area (Å²) >= 11 is 0. The zero-order valence-electron chi connectivity index (χ0n) is 15.2. The Morgan fingerprint density at radius 3 is 2.86 bits per heavy atom. The van der Waals surface area contributed by atoms with Crippen molar-refractivity contribution in [1.29, 1.82) is 0 Å². The van der Waals surface area contributed by atoms with Crippen LogP contribution in [0.3, 0.4) is 0 Å². The minimum Gasteiger partial charge on any atom is -0.508 e. The topological polar surface area (TPSA) is 67.6 Å². The van der Waals surface area contributed by atoms with Crippen molar-refractivity contribution in [3.63, 3.8) is 0 Å². The Bertz CT molecular complexity index is 1030. The van der Waals surface area contributed by atoms with Crippen molar-refractivity contribution >= 4 is 16.9 Å². The van der Waals surface area contributed by atoms with E-state index in [2.05, 4.69) is 4.98 Å². The minimum absolute atomic E-state index is 0.139. The number of fused-ring (bicyclic) bond motifs is 1. The van der Waals surface area contributed by atoms with Crippen molar-refractivity contribution in [2.24, 2.45) is 7.05 Å². The molecule has 0 saturated carbocycles. The highest BCUT2D eigenvalue weighted by Crippen LogP contribution is 2.27. The fourth-order valence-electron chi connectivity index (χ4n) is 3.49. The van der Waals surface area contributed by atoms with Gasteiger partial charge in [-0.2, -0.15) is 0 Å². The lowest BCUT2D eigenvalue weighted by Crippen LogP contribution is -2.42. The van der Waals surface area contributed by atoms with Gasteiger partial charge in [0.25, 0.3) is 12.3 Å². The summed E-state index contributed by atoms with van der Waals surface area (Å²) in [5.74, 6) is -0.394. The second-order valence-electron chi connectivity index (χ2n) is 6.74. The van der Waals surface area contributed by atoms with Gasteiger partial charge in [-0.25, -0.2) is 13.8 Å². The van der Waals surface area contributed by atoms with Gasteiger partial charge < -0.3 is 19.3 Å². The van der Waals surface area contributed by atoms with Crippen molar-refractivity contribution in [3.05, 3.63) is 59.4 Å². The van der Waals surface area contributed by atoms with E-state index in [1.807, 2.05) is 6.07 Å². The number of morpholine rings is 1. The highest BCUT2D eigenvalue weighted by molar-refractivity contribution is 5.97. The molecule has 2 heterocycles. The van der Waals surface area contributed by atoms with Crippen LogP contribution in [0.2, 0.25) is 0 Å². The molecular formula is C20H19F2N3O3. The van der Waals surface area contributed by atoms with Crippen LogP contribution in [-0.4, -0.2) is 45.2 Å². The number of benzene rings is 2. The zero-order chi connectivity index (χ0) is 19.8. The molecule has 0 aliphatic carbocycles. The highest BCUT2D eigenvalue weighted by Gasteiger charge is 2.27. The quantitative estimate of drug-likeness (QED) is 0.748. The van der Waals surface area contributed by atoms with Gasteiger partial charge in [-0.3, -0.25) is 4.79 Å². The first kappa shape index (κ1) is 18.4. The molecule has 146 valence electrons. The van der Waals surface area contributed by atoms with Gasteiger partial charge in [0.2, 0.25) is 0 Å². The third kappa shape index (κ3) is 3.31. The van der Waals surface area contributed by atoms with Crippen LogP contribution in [0.25, 0.3) is 11.0 Å². The first-order valence-corrected chi connectivity index (χ1v) is 8.88. The Labute approximate surface area is 160 Å². The summed E-state index contributed by atoms with van der Waals surface area (Å²) in [6.07, 6.45) is -3.02. The number of aromatic hydroxyl groups is 1. The van der Waals surface area contributed by atoms with E-state index in [1.54, 1.807) is 41.3 Å². The maximum absolute atomic E-state index is 13.1. The third-order valence-electron chi connectivity index (χ3n) is 4.95. The number of rotatable bonds is 3. The third-order valence-corrected chi connectivity index (χ3v) is 4.95. The van der Waals surface area contributed by atoms with Crippen LogP contribution in [0.15, 0.2) is 42.5 Å². The molecule has 0 spiro atoms. The molecule has 0 radical (unpaired) electrons. The summed E-state index contributed by atoms with van der Waals surface area (Å²) in [5, 5.41) is 9.66. The molecule has 6 nitrogen and oxygen atoms in total. The Hall–Kier alpha value is -3.00. The van der Waals surface area contributed by atoms with E-state index in [-0.39, 0.29) is 23.6 Å². The van der Waals surface area contributed by atoms with Crippen LogP contribution in [0, 0.1) is 0 Å². The van der Waals surface area contributed by atoms with Crippen LogP contribution in [0.4, 0.5) is 8.78 Å². The molecule has 4 rings (SSSR count). The average Bonchev–Trinajstić information content (AvgIpc) is 3.04. The van der Waals surface area contributed by atoms with Gasteiger partial charge in [-0.1, -0.05) is 12.1 Å². The Morgan fingerprint density at radius 2 is 2.11 bits per heavy atom. The molecule has 1 N–H and O–H groups in total. The summed E-state index contributed by atoms with van der Waals surface area (Å²) in [4.78, 5) is 18.6. The molecule has 1 saturated heterocycles. The normalized spacial score (nSPS) is 17.4. The number of aromatic nitrogens is 2. The smallest absolute Gasteiger partial charge is 0.295 e. The average molecular weight is 387 g/mol. The second kappa shape index (κ2) is 7.20. The molecule has 3 aromatic rings. The van der Waals surface area contributed by atoms with E-state index in [1.165, 1.54) is 11.6 Å². The van der Waals surface area contributed by atoms with Crippen LogP contribution >= 0.6 is 0 Å². The predicted octanol–water partition coefficient (Wildman–Crippen LogP) is 3.43. The number of carbonyl (C=O) groups excluding carboxylic acids is 1. The van der Waals surface area contributed by atoms with E-state index in [4.69, 9.17) is 4.74 Å². The van der Waals surface area contributed by atoms with Gasteiger partial charge in [-0.05, 0) is 35.9 Å². The lowest BCUT2D eigenvalue weighted by atomic mass is 10.1. The number of aryl methyl sites for hydroxylation is 1. The van der Waals surface area contributed by atoms with Crippen molar-refractivity contribution < 1.29 is 23.4 Å². The van der Waals surface area contributed by atoms with E-state index < -0.39 is 6.43 Å². The molecule has 2 aromatic carbocycles. The molecule has 28 heavy (non-hydrogen) atoms. The summed E-state index contributed by atoms with van der Waals surface area (Å²) in [7, 11) is 1.53. The molecule has 1 amide bonds. The van der Waals surface area contributed by atoms with E-state index in [0.717, 1.165) is 5.56 Å². The number of carbonyl (C=O) groups is 1. The van der Waals surface area contributed by atoms with E-state index in [9.17, 15) is 18.7 Å². The molecule has 1 aromatic heterocycles. The van der Waals surface area contributed by atoms with E-state index >= 15 is 0 Å². The van der Waals surface area contributed by atoms with Crippen molar-refractivity contribution in [3.8, 4) is 5.75 Å². The number of nitrogens with zero attached hydrogens (tertiary/aromatic N) is 3. The summed E-state index contributed by atoms with van der Waals surface area (Å²) in [6.45, 7) is 1.13. The number of phenols is 1. The number of amides is 1. The maximum Gasteiger partial charge on any atom is 0.295 e. The molecule has 1 atom stereocenters. The largest absolute Gasteiger partial charge is 0.508 e. The van der Waals surface area contributed by atoms with Gasteiger partial charge in [0.15, 0.2) is 5.82 Å². The molecule has 1 aliphatic heterocycles. The van der Waals surface area contributed by atoms with Crippen LogP contribution in [-0.2, 0) is 11.8 Å². The van der Waals surface area contributed by atoms with Crippen LogP contribution < -0.4 is 0 Å². The molecule has 1 aliphatic rings. The van der Waals surface area contributed by atoms with Gasteiger partial charge in [0, 0.05) is 19.2 Å². The minimum atomic E-state index is -2.68. The summed E-state index contributed by atoms with van der Waals surface area (Å²) < 4.78 is 33.2. The van der Waals surface area contributed by atoms with E-state index in [0.29, 0.717) is 36.3 Å². The number of hydrogen-bond acceptors (Lipinski definition) is 4. The first-order valence-electron chi connectivity index (χ1n) is 8.88. The predicted molar refractivity (Wildman–Crippen MR) is 98.4 cm³/mol. The van der Waals surface area contributed by atoms with Gasteiger partial charge in [0.05, 0.1) is 24.2 Å². The number of alkyl halides is 2. The molecule has 0 bridgehead atoms. The second-order valence-corrected chi connectivity index (χ2v) is 6.74. The molecule has 8 heteroatoms. The van der Waals surface area contributed by atoms with Crippen molar-refractivity contribution in [1.82, 2.24) is 14.5 Å². The van der Waals surface area contributed by atoms with Gasteiger partial charge >= 0.3 is 0 Å². The van der Waals surface area contributed by atoms with Gasteiger partial charge in [0.1, 0.15) is 11.9 Å². The lowest BCUT2D eigenvalue weighted by molar-refractivity contribution is -0.0228. The Morgan fingerprint density at radius 1 is 1.29 bits per heavy atom. The Balaban J connectivity index is 1.58. The van der Waals surface area contributed by atoms with Gasteiger partial charge in [-0.15, -0.1) is 0 Å². The zero-order valence-corrected chi connectivity index (χ0v) is 15.2. The first-order chi connectivity index (χ1) is 13.4. The summed E-state index contributed by atoms with van der Waals surface area (Å²) in [6, 6.07) is 11.6. The fraction of sp³-hybridized carbons (Fsp3) is 0.300. The highest BCUT2D eigenvalue weighted by atomic mass is 19.3. The SMILES string of the molecule is Cn1c(C(F)F)nc2cc(C(=O)N3CCOC(c4cccc(O)c4)C3)ccc21. The maximum atomic E-state index is 13.1. The number of imidazole rings is 1. The lowest BCUT2D eigenvalue weighted by Gasteiger charge is -2.33. The molecule has 1 unspecified atom stereocenters. The van der Waals surface area contributed by atoms with Crippen LogP contribution in [0.5, 0.6) is 5.75 Å². The standard InChI is InChI=1S/C20H19F2N3O3/c1-24-16-6-5-13(10-15(16)23-19(24)18(21)22)20(27)25-7-8-28-17(11-25)12-3-2-4-14(26)9-12/h2-6,9-10,17-18,26H,7-8,11H2,1H3. The van der Waals surface area contributed by atoms with Crippen LogP contribution in [0.1, 0.15) is 34.3 Å². The monoisotopic (exact) mass is 387 g/mol. The van der Waals surface area contributed by atoms with Crippen molar-refractivity contribution in [2.45, 2.75) is 12.5 Å². The Kier molecular flexibility index (Phi) is 4.72. The van der Waals surface area contributed by atoms with Crippen molar-refractivity contribution in [2.75, 3.05) is 19.7 Å². The molecular weight excluding hydrogens is 368 g/mol. The number of halogens is 2. The molecule has 1 fully saturated rings. The fourth-order valence-corrected chi connectivity index (χ4v) is 3.49. The number of hydrogen-bond donors (Lipinski definition) is 1. The summed E-state index contributed by atoms with van der Waals surface area (Å²) in [5.41, 5.74) is 2.09. The number of phenolic OH excluding ortho intramolecular Hbond substituents is 1. The number of ether oxygens (including phenoxy) is 1.